The molecule has 4 amide bonds. The first-order valence-corrected chi connectivity index (χ1v) is 31.6. The van der Waals surface area contributed by atoms with Crippen molar-refractivity contribution in [2.45, 2.75) is 85.0 Å². The summed E-state index contributed by atoms with van der Waals surface area (Å²) in [6, 6.07) is 54.2. The first-order valence-electron chi connectivity index (χ1n) is 31.6. The lowest BCUT2D eigenvalue weighted by atomic mass is 9.97. The number of imidazole rings is 4. The van der Waals surface area contributed by atoms with Crippen LogP contribution in [0.2, 0.25) is 0 Å². The second kappa shape index (κ2) is 35.4. The lowest BCUT2D eigenvalue weighted by Gasteiger charge is -2.14. The zero-order valence-electron chi connectivity index (χ0n) is 53.9. The summed E-state index contributed by atoms with van der Waals surface area (Å²) in [5, 5.41) is 34.0. The largest absolute Gasteiger partial charge is 0.331 e. The maximum atomic E-state index is 11.3. The highest BCUT2D eigenvalue weighted by atomic mass is 16.5. The molecule has 6 heterocycles. The molecule has 12 aromatic rings. The second-order valence-corrected chi connectivity index (χ2v) is 22.3. The van der Waals surface area contributed by atoms with Gasteiger partial charge >= 0.3 is 0 Å². The number of rotatable bonds is 22. The number of pyridine rings is 2. The van der Waals surface area contributed by atoms with Crippen molar-refractivity contribution in [3.63, 3.8) is 0 Å². The van der Waals surface area contributed by atoms with E-state index in [9.17, 15) is 19.2 Å². The van der Waals surface area contributed by atoms with Crippen molar-refractivity contribution in [2.24, 2.45) is 0 Å². The van der Waals surface area contributed by atoms with Gasteiger partial charge in [0.1, 0.15) is 11.6 Å². The average molecular weight is 1300 g/mol. The van der Waals surface area contributed by atoms with Gasteiger partial charge in [-0.25, -0.2) is 41.9 Å². The number of carbonyl (C=O) groups excluding carboxylic acids is 4. The summed E-state index contributed by atoms with van der Waals surface area (Å²) in [6.45, 7) is 9.74. The summed E-state index contributed by atoms with van der Waals surface area (Å²) in [5.74, 6) is 0.199. The van der Waals surface area contributed by atoms with Gasteiger partial charge in [0, 0.05) is 94.0 Å². The van der Waals surface area contributed by atoms with Crippen LogP contribution >= 0.6 is 0 Å². The van der Waals surface area contributed by atoms with Crippen molar-refractivity contribution in [3.8, 4) is 0 Å². The summed E-state index contributed by atoms with van der Waals surface area (Å²) >= 11 is 0. The van der Waals surface area contributed by atoms with Crippen LogP contribution in [0.4, 0.5) is 0 Å². The van der Waals surface area contributed by atoms with E-state index < -0.39 is 23.6 Å². The molecule has 0 aliphatic rings. The van der Waals surface area contributed by atoms with Gasteiger partial charge in [-0.2, -0.15) is 0 Å². The lowest BCUT2D eigenvalue weighted by molar-refractivity contribution is -0.124. The molecule has 0 fully saturated rings. The molecule has 0 saturated heterocycles. The number of hydroxylamine groups is 4. The molecule has 22 heteroatoms. The molecular weight excluding hydrogens is 1220 g/mol. The molecule has 6 aromatic heterocycles. The Morgan fingerprint density at radius 3 is 1.43 bits per heavy atom. The lowest BCUT2D eigenvalue weighted by Crippen LogP contribution is -2.14. The highest BCUT2D eigenvalue weighted by Gasteiger charge is 2.17. The van der Waals surface area contributed by atoms with Crippen LogP contribution in [-0.4, -0.2) is 92.6 Å². The van der Waals surface area contributed by atoms with Gasteiger partial charge in [-0.3, -0.25) is 50.0 Å². The summed E-state index contributed by atoms with van der Waals surface area (Å²) in [7, 11) is 0. The van der Waals surface area contributed by atoms with Gasteiger partial charge in [-0.1, -0.05) is 104 Å². The van der Waals surface area contributed by atoms with Gasteiger partial charge in [0.2, 0.25) is 0 Å². The molecule has 22 nitrogen and oxygen atoms in total. The van der Waals surface area contributed by atoms with Crippen LogP contribution in [0, 0.1) is 0 Å². The topological polar surface area (TPSA) is 294 Å². The number of aromatic nitrogens is 10. The fourth-order valence-corrected chi connectivity index (χ4v) is 10.8. The molecular formula is C75H76N14O8. The molecule has 8 N–H and O–H groups in total. The number of nitrogens with one attached hydrogen (secondary N) is 4. The molecule has 1 atom stereocenters. The molecule has 6 aromatic carbocycles. The summed E-state index contributed by atoms with van der Waals surface area (Å²) in [5.41, 5.74) is 22.3. The number of hydrogen-bond donors (Lipinski definition) is 8. The number of aryl methyl sites for hydroxylation is 8. The van der Waals surface area contributed by atoms with Crippen LogP contribution in [0.25, 0.3) is 68.4 Å². The van der Waals surface area contributed by atoms with E-state index in [2.05, 4.69) is 109 Å². The average Bonchev–Trinajstić information content (AvgIpc) is 1.65. The van der Waals surface area contributed by atoms with Crippen molar-refractivity contribution >= 4 is 92.1 Å². The van der Waals surface area contributed by atoms with Gasteiger partial charge in [-0.15, -0.1) is 0 Å². The predicted octanol–water partition coefficient (Wildman–Crippen LogP) is 11.7. The Morgan fingerprint density at radius 1 is 0.443 bits per heavy atom. The zero-order chi connectivity index (χ0) is 68.3. The van der Waals surface area contributed by atoms with Crippen LogP contribution in [0.5, 0.6) is 0 Å². The third kappa shape index (κ3) is 19.9. The SMILES string of the molecule is CC(Cc1nc2cc(/C=C/C(=O)NO)ccc2n1CCc1cccnc1)c1ccccc1.CCn1c(CCc2ccccc2)nc2cc(/C=C/C(=O)NO)ccc21.CCn1cnc2cc(/C=C/C(=O)NO)ccc21.O=C(/C=C/c1ccc2c(c1)ncn2CCc1ccccn1)NO. The van der Waals surface area contributed by atoms with E-state index in [4.69, 9.17) is 30.8 Å². The summed E-state index contributed by atoms with van der Waals surface area (Å²) < 4.78 is 8.64. The smallest absolute Gasteiger partial charge is 0.267 e. The maximum Gasteiger partial charge on any atom is 0.267 e. The van der Waals surface area contributed by atoms with E-state index in [0.29, 0.717) is 5.92 Å². The number of hydrogen-bond acceptors (Lipinski definition) is 14. The Morgan fingerprint density at radius 2 is 0.928 bits per heavy atom. The fraction of sp³-hybridized carbons (Fsp3) is 0.173. The van der Waals surface area contributed by atoms with Crippen LogP contribution in [0.15, 0.2) is 219 Å². The quantitative estimate of drug-likeness (QED) is 0.0178. The van der Waals surface area contributed by atoms with E-state index in [1.807, 2.05) is 126 Å². The Hall–Kier alpha value is -11.8. The van der Waals surface area contributed by atoms with Crippen molar-refractivity contribution in [1.29, 1.82) is 0 Å². The van der Waals surface area contributed by atoms with Gasteiger partial charge in [0.25, 0.3) is 23.6 Å². The van der Waals surface area contributed by atoms with E-state index in [1.54, 1.807) is 64.9 Å². The molecule has 97 heavy (non-hydrogen) atoms. The molecule has 494 valence electrons. The van der Waals surface area contributed by atoms with Crippen molar-refractivity contribution in [1.82, 2.24) is 70.1 Å². The monoisotopic (exact) mass is 1300 g/mol. The Bertz CT molecular complexity index is 4700. The summed E-state index contributed by atoms with van der Waals surface area (Å²) in [4.78, 5) is 71.2. The molecule has 1 unspecified atom stereocenters. The van der Waals surface area contributed by atoms with Crippen LogP contribution < -0.4 is 21.9 Å². The molecule has 0 saturated carbocycles. The third-order valence-electron chi connectivity index (χ3n) is 15.8. The Labute approximate surface area is 560 Å². The van der Waals surface area contributed by atoms with Crippen molar-refractivity contribution in [3.05, 3.63) is 276 Å². The minimum Gasteiger partial charge on any atom is -0.331 e. The van der Waals surface area contributed by atoms with E-state index >= 15 is 0 Å². The van der Waals surface area contributed by atoms with Gasteiger partial charge in [-0.05, 0) is 163 Å². The van der Waals surface area contributed by atoms with Gasteiger partial charge in [0.05, 0.1) is 56.8 Å². The molecule has 0 aliphatic carbocycles. The molecule has 0 aliphatic heterocycles. The van der Waals surface area contributed by atoms with Crippen LogP contribution in [-0.2, 0) is 77.5 Å². The molecule has 0 bridgehead atoms. The van der Waals surface area contributed by atoms with E-state index in [-0.39, 0.29) is 0 Å². The third-order valence-corrected chi connectivity index (χ3v) is 15.8. The van der Waals surface area contributed by atoms with Gasteiger partial charge in [0.15, 0.2) is 0 Å². The molecule has 0 radical (unpaired) electrons. The van der Waals surface area contributed by atoms with E-state index in [1.165, 1.54) is 41.0 Å². The zero-order valence-corrected chi connectivity index (χ0v) is 53.9. The standard InChI is InChI=1S/C26H26N4O2.C20H21N3O2.C17H16N4O2.C12H13N3O2/c1-19(22-7-3-2-4-8-22)16-25-28-23-17-20(10-12-26(31)29-32)9-11-24(23)30(25)15-13-21-6-5-14-27-18-21;1-2-23-18-11-8-16(10-13-20(24)22-25)14-17(18)21-19(23)12-9-15-6-4-3-5-7-15;22-17(20-23)7-5-13-4-6-16-15(11-13)19-12-21(16)10-8-14-3-1-2-9-18-14;1-2-15-8-13-10-7-9(3-5-11(10)15)4-6-12(16)14-17/h2-12,14,17-19,32H,13,15-16H2,1H3,(H,29,31);3-8,10-11,13-14,25H,2,9,12H2,1H3,(H,22,24);1-7,9,11-12,23H,8,10H2,(H,20,22);3-8,17H,2H2,1H3,(H,14,16)/b12-10+;13-10+;7-5+;6-4+. The Kier molecular flexibility index (Phi) is 25.4. The first kappa shape index (κ1) is 69.5. The maximum absolute atomic E-state index is 11.3. The van der Waals surface area contributed by atoms with Crippen LogP contribution in [0.1, 0.15) is 83.0 Å². The number of carbonyl (C=O) groups is 4. The number of nitrogens with zero attached hydrogens (tertiary/aromatic N) is 10. The number of amides is 4. The molecule has 12 rings (SSSR count). The predicted molar refractivity (Wildman–Crippen MR) is 374 cm³/mol. The van der Waals surface area contributed by atoms with Crippen LogP contribution in [0.3, 0.4) is 0 Å². The number of benzene rings is 6. The minimum atomic E-state index is -0.565. The highest BCUT2D eigenvalue weighted by molar-refractivity contribution is 5.94. The van der Waals surface area contributed by atoms with Gasteiger partial charge < -0.3 is 18.3 Å². The minimum absolute atomic E-state index is 0.331. The highest BCUT2D eigenvalue weighted by Crippen LogP contribution is 2.26. The second-order valence-electron chi connectivity index (χ2n) is 22.3. The normalized spacial score (nSPS) is 11.6. The van der Waals surface area contributed by atoms with E-state index in [0.717, 1.165) is 142 Å². The van der Waals surface area contributed by atoms with Crippen molar-refractivity contribution in [2.75, 3.05) is 0 Å². The first-order chi connectivity index (χ1) is 47.3. The Balaban J connectivity index is 0.000000155. The van der Waals surface area contributed by atoms with Crippen molar-refractivity contribution < 1.29 is 40.0 Å². The fourth-order valence-electron chi connectivity index (χ4n) is 10.8. The number of fused-ring (bicyclic) bond motifs is 4. The molecule has 0 spiro atoms. The summed E-state index contributed by atoms with van der Waals surface area (Å²) in [6.07, 6.45) is 25.1.